The zero-order valence-corrected chi connectivity index (χ0v) is 11.1. The Labute approximate surface area is 110 Å². The van der Waals surface area contributed by atoms with Gasteiger partial charge in [0.25, 0.3) is 10.0 Å². The fourth-order valence-corrected chi connectivity index (χ4v) is 2.42. The van der Waals surface area contributed by atoms with Crippen LogP contribution >= 0.6 is 0 Å². The summed E-state index contributed by atoms with van der Waals surface area (Å²) in [5, 5.41) is 13.9. The van der Waals surface area contributed by atoms with Crippen molar-refractivity contribution in [3.05, 3.63) is 24.4 Å². The van der Waals surface area contributed by atoms with Gasteiger partial charge in [-0.25, -0.2) is 17.9 Å². The second kappa shape index (κ2) is 6.45. The lowest BCUT2D eigenvalue weighted by Gasteiger charge is -2.12. The molecule has 0 bridgehead atoms. The Balaban J connectivity index is 2.73. The van der Waals surface area contributed by atoms with E-state index in [-0.39, 0.29) is 12.6 Å². The molecule has 1 heterocycles. The molecule has 1 rings (SSSR count). The molecule has 1 atom stereocenters. The number of nitrogens with one attached hydrogen (secondary N) is 2. The lowest BCUT2D eigenvalue weighted by atomic mass is 10.4. The van der Waals surface area contributed by atoms with Gasteiger partial charge < -0.3 is 9.84 Å². The third kappa shape index (κ3) is 4.16. The SMILES string of the molecule is C=CCOC(C)CNS(=O)(=O)c1[nH]ncc1C(=O)O. The summed E-state index contributed by atoms with van der Waals surface area (Å²) in [7, 11) is -3.97. The maximum atomic E-state index is 11.9. The summed E-state index contributed by atoms with van der Waals surface area (Å²) in [5.74, 6) is -1.37. The van der Waals surface area contributed by atoms with Crippen molar-refractivity contribution in [1.29, 1.82) is 0 Å². The second-order valence-electron chi connectivity index (χ2n) is 3.70. The van der Waals surface area contributed by atoms with Gasteiger partial charge in [-0.2, -0.15) is 5.10 Å². The molecule has 19 heavy (non-hydrogen) atoms. The summed E-state index contributed by atoms with van der Waals surface area (Å²) < 4.78 is 31.2. The van der Waals surface area contributed by atoms with Gasteiger partial charge in [-0.15, -0.1) is 6.58 Å². The molecule has 1 aromatic heterocycles. The highest BCUT2D eigenvalue weighted by Crippen LogP contribution is 2.11. The molecule has 0 aromatic carbocycles. The zero-order chi connectivity index (χ0) is 14.5. The van der Waals surface area contributed by atoms with E-state index in [0.717, 1.165) is 6.20 Å². The average molecular weight is 289 g/mol. The van der Waals surface area contributed by atoms with Gasteiger partial charge in [-0.05, 0) is 6.92 Å². The van der Waals surface area contributed by atoms with E-state index >= 15 is 0 Å². The number of hydrogen-bond acceptors (Lipinski definition) is 5. The monoisotopic (exact) mass is 289 g/mol. The van der Waals surface area contributed by atoms with Crippen LogP contribution in [0.5, 0.6) is 0 Å². The third-order valence-corrected chi connectivity index (χ3v) is 3.56. The summed E-state index contributed by atoms with van der Waals surface area (Å²) in [4.78, 5) is 10.8. The Morgan fingerprint density at radius 1 is 1.74 bits per heavy atom. The van der Waals surface area contributed by atoms with Crippen molar-refractivity contribution >= 4 is 16.0 Å². The van der Waals surface area contributed by atoms with Gasteiger partial charge in [0, 0.05) is 6.54 Å². The molecular weight excluding hydrogens is 274 g/mol. The van der Waals surface area contributed by atoms with Crippen molar-refractivity contribution in [3.63, 3.8) is 0 Å². The van der Waals surface area contributed by atoms with E-state index in [1.807, 2.05) is 0 Å². The maximum absolute atomic E-state index is 11.9. The van der Waals surface area contributed by atoms with Crippen LogP contribution < -0.4 is 4.72 Å². The minimum Gasteiger partial charge on any atom is -0.478 e. The van der Waals surface area contributed by atoms with Gasteiger partial charge >= 0.3 is 5.97 Å². The highest BCUT2D eigenvalue weighted by molar-refractivity contribution is 7.89. The molecule has 106 valence electrons. The number of rotatable bonds is 8. The fraction of sp³-hybridized carbons (Fsp3) is 0.400. The number of nitrogens with zero attached hydrogens (tertiary/aromatic N) is 1. The number of carbonyl (C=O) groups is 1. The number of H-pyrrole nitrogens is 1. The first kappa shape index (κ1) is 15.3. The van der Waals surface area contributed by atoms with Gasteiger partial charge in [0.2, 0.25) is 0 Å². The van der Waals surface area contributed by atoms with Crippen molar-refractivity contribution < 1.29 is 23.1 Å². The number of aromatic nitrogens is 2. The van der Waals surface area contributed by atoms with Crippen LogP contribution in [-0.2, 0) is 14.8 Å². The van der Waals surface area contributed by atoms with Crippen molar-refractivity contribution in [3.8, 4) is 0 Å². The first-order valence-electron chi connectivity index (χ1n) is 5.37. The first-order valence-corrected chi connectivity index (χ1v) is 6.85. The molecule has 0 aliphatic heterocycles. The molecule has 3 N–H and O–H groups in total. The molecule has 0 spiro atoms. The van der Waals surface area contributed by atoms with Crippen LogP contribution in [0.3, 0.4) is 0 Å². The zero-order valence-electron chi connectivity index (χ0n) is 10.3. The van der Waals surface area contributed by atoms with E-state index < -0.39 is 26.6 Å². The summed E-state index contributed by atoms with van der Waals surface area (Å²) >= 11 is 0. The van der Waals surface area contributed by atoms with Crippen LogP contribution in [-0.4, -0.2) is 48.9 Å². The Hall–Kier alpha value is -1.71. The van der Waals surface area contributed by atoms with E-state index in [1.165, 1.54) is 0 Å². The van der Waals surface area contributed by atoms with Gasteiger partial charge in [0.1, 0.15) is 5.56 Å². The molecule has 0 aliphatic rings. The number of carboxylic acids is 1. The van der Waals surface area contributed by atoms with Gasteiger partial charge in [0.15, 0.2) is 5.03 Å². The van der Waals surface area contributed by atoms with E-state index in [1.54, 1.807) is 13.0 Å². The van der Waals surface area contributed by atoms with Gasteiger partial charge in [0.05, 0.1) is 18.9 Å². The van der Waals surface area contributed by atoms with Crippen LogP contribution in [0.1, 0.15) is 17.3 Å². The van der Waals surface area contributed by atoms with Crippen LogP contribution in [0.2, 0.25) is 0 Å². The van der Waals surface area contributed by atoms with E-state index in [4.69, 9.17) is 9.84 Å². The van der Waals surface area contributed by atoms with Crippen LogP contribution in [0.15, 0.2) is 23.9 Å². The smallest absolute Gasteiger partial charge is 0.340 e. The molecule has 1 aromatic rings. The summed E-state index contributed by atoms with van der Waals surface area (Å²) in [6.07, 6.45) is 2.11. The van der Waals surface area contributed by atoms with Crippen molar-refractivity contribution in [2.75, 3.05) is 13.2 Å². The average Bonchev–Trinajstić information content (AvgIpc) is 2.84. The van der Waals surface area contributed by atoms with Gasteiger partial charge in [-0.3, -0.25) is 5.10 Å². The summed E-state index contributed by atoms with van der Waals surface area (Å²) in [6.45, 7) is 5.46. The Morgan fingerprint density at radius 3 is 3.00 bits per heavy atom. The molecular formula is C10H15N3O5S. The van der Waals surface area contributed by atoms with Crippen LogP contribution in [0, 0.1) is 0 Å². The Kier molecular flexibility index (Phi) is 5.21. The largest absolute Gasteiger partial charge is 0.478 e. The molecule has 8 nitrogen and oxygen atoms in total. The number of hydrogen-bond donors (Lipinski definition) is 3. The number of ether oxygens (including phenoxy) is 1. The minimum absolute atomic E-state index is 0.00819. The topological polar surface area (TPSA) is 121 Å². The number of carboxylic acid groups (broad SMARTS) is 1. The van der Waals surface area contributed by atoms with Crippen molar-refractivity contribution in [2.45, 2.75) is 18.1 Å². The summed E-state index contributed by atoms with van der Waals surface area (Å²) in [5.41, 5.74) is -0.410. The maximum Gasteiger partial charge on any atom is 0.340 e. The normalized spacial score (nSPS) is 13.1. The highest BCUT2D eigenvalue weighted by Gasteiger charge is 2.24. The van der Waals surface area contributed by atoms with E-state index in [2.05, 4.69) is 21.5 Å². The standard InChI is InChI=1S/C10H15N3O5S/c1-3-4-18-7(2)5-12-19(16,17)9-8(10(14)15)6-11-13-9/h3,6-7,12H,1,4-5H2,2H3,(H,11,13)(H,14,15). The molecule has 0 radical (unpaired) electrons. The predicted octanol–water partition coefficient (Wildman–Crippen LogP) is -0.0227. The molecule has 0 saturated carbocycles. The molecule has 0 amide bonds. The fourth-order valence-electron chi connectivity index (χ4n) is 1.22. The van der Waals surface area contributed by atoms with E-state index in [0.29, 0.717) is 6.61 Å². The lowest BCUT2D eigenvalue weighted by molar-refractivity contribution is 0.0692. The number of aromatic amines is 1. The highest BCUT2D eigenvalue weighted by atomic mass is 32.2. The quantitative estimate of drug-likeness (QED) is 0.578. The molecule has 0 saturated heterocycles. The van der Waals surface area contributed by atoms with Crippen molar-refractivity contribution in [1.82, 2.24) is 14.9 Å². The molecule has 0 fully saturated rings. The minimum atomic E-state index is -3.97. The van der Waals surface area contributed by atoms with E-state index in [9.17, 15) is 13.2 Å². The molecule has 9 heteroatoms. The molecule has 1 unspecified atom stereocenters. The van der Waals surface area contributed by atoms with Crippen LogP contribution in [0.4, 0.5) is 0 Å². The summed E-state index contributed by atoms with van der Waals surface area (Å²) in [6, 6.07) is 0. The molecule has 0 aliphatic carbocycles. The van der Waals surface area contributed by atoms with Crippen molar-refractivity contribution in [2.24, 2.45) is 0 Å². The lowest BCUT2D eigenvalue weighted by Crippen LogP contribution is -2.33. The number of aromatic carboxylic acids is 1. The van der Waals surface area contributed by atoms with Gasteiger partial charge in [-0.1, -0.05) is 6.08 Å². The predicted molar refractivity (Wildman–Crippen MR) is 66.3 cm³/mol. The second-order valence-corrected chi connectivity index (χ2v) is 5.41. The Morgan fingerprint density at radius 2 is 2.42 bits per heavy atom. The Bertz CT molecular complexity index is 551. The van der Waals surface area contributed by atoms with Crippen LogP contribution in [0.25, 0.3) is 0 Å². The number of sulfonamides is 1. The first-order chi connectivity index (χ1) is 8.88. The third-order valence-electron chi connectivity index (χ3n) is 2.16.